The summed E-state index contributed by atoms with van der Waals surface area (Å²) >= 11 is 0. The van der Waals surface area contributed by atoms with Gasteiger partial charge in [0.1, 0.15) is 5.75 Å². The fourth-order valence-corrected chi connectivity index (χ4v) is 3.44. The third-order valence-corrected chi connectivity index (χ3v) is 4.50. The van der Waals surface area contributed by atoms with Gasteiger partial charge in [0.15, 0.2) is 0 Å². The van der Waals surface area contributed by atoms with Crippen molar-refractivity contribution < 1.29 is 9.53 Å². The first-order valence-electron chi connectivity index (χ1n) is 8.24. The molecule has 2 fully saturated rings. The maximum absolute atomic E-state index is 12.3. The van der Waals surface area contributed by atoms with Gasteiger partial charge in [0.2, 0.25) is 5.91 Å². The van der Waals surface area contributed by atoms with E-state index in [2.05, 4.69) is 15.1 Å². The van der Waals surface area contributed by atoms with E-state index in [9.17, 15) is 4.79 Å². The molecule has 1 atom stereocenters. The number of amides is 1. The smallest absolute Gasteiger partial charge is 0.238 e. The van der Waals surface area contributed by atoms with Gasteiger partial charge in [-0.05, 0) is 38.4 Å². The number of anilines is 1. The van der Waals surface area contributed by atoms with Crippen LogP contribution in [-0.2, 0) is 4.79 Å². The van der Waals surface area contributed by atoms with Crippen molar-refractivity contribution in [2.45, 2.75) is 25.8 Å². The number of piperazine rings is 1. The van der Waals surface area contributed by atoms with Crippen LogP contribution >= 0.6 is 0 Å². The van der Waals surface area contributed by atoms with Crippen LogP contribution in [0.3, 0.4) is 0 Å². The van der Waals surface area contributed by atoms with Crippen LogP contribution < -0.4 is 10.1 Å². The number of rotatable bonds is 5. The summed E-state index contributed by atoms with van der Waals surface area (Å²) in [7, 11) is 0. The molecule has 3 rings (SSSR count). The Bertz CT molecular complexity index is 520. The van der Waals surface area contributed by atoms with Crippen LogP contribution in [0.15, 0.2) is 24.3 Å². The molecule has 2 heterocycles. The van der Waals surface area contributed by atoms with E-state index < -0.39 is 0 Å². The number of fused-ring (bicyclic) bond motifs is 1. The Hall–Kier alpha value is -1.59. The predicted octanol–water partition coefficient (Wildman–Crippen LogP) is 1.80. The maximum Gasteiger partial charge on any atom is 0.238 e. The van der Waals surface area contributed by atoms with Crippen molar-refractivity contribution in [3.8, 4) is 5.75 Å². The molecule has 0 aliphatic carbocycles. The minimum Gasteiger partial charge on any atom is -0.492 e. The molecule has 0 radical (unpaired) electrons. The van der Waals surface area contributed by atoms with E-state index in [0.29, 0.717) is 19.2 Å². The van der Waals surface area contributed by atoms with Crippen LogP contribution in [0.1, 0.15) is 19.8 Å². The molecule has 2 aliphatic heterocycles. The normalized spacial score (nSPS) is 22.3. The minimum absolute atomic E-state index is 0.0404. The number of hydrogen-bond donors (Lipinski definition) is 1. The first kappa shape index (κ1) is 15.3. The highest BCUT2D eigenvalue weighted by Crippen LogP contribution is 2.24. The molecule has 1 N–H and O–H groups in total. The molecule has 120 valence electrons. The number of para-hydroxylation sites is 2. The molecule has 1 unspecified atom stereocenters. The fraction of sp³-hybridized carbons (Fsp3) is 0.588. The summed E-state index contributed by atoms with van der Waals surface area (Å²) in [5, 5.41) is 2.98. The Balaban J connectivity index is 1.54. The molecule has 1 aromatic rings. The number of hydrogen-bond acceptors (Lipinski definition) is 4. The average Bonchev–Trinajstić information content (AvgIpc) is 2.97. The summed E-state index contributed by atoms with van der Waals surface area (Å²) in [5.74, 6) is 0.776. The molecule has 5 nitrogen and oxygen atoms in total. The zero-order chi connectivity index (χ0) is 15.4. The lowest BCUT2D eigenvalue weighted by atomic mass is 10.1. The van der Waals surface area contributed by atoms with E-state index in [0.717, 1.165) is 31.1 Å². The Morgan fingerprint density at radius 3 is 3.05 bits per heavy atom. The van der Waals surface area contributed by atoms with Crippen molar-refractivity contribution in [3.05, 3.63) is 24.3 Å². The highest BCUT2D eigenvalue weighted by atomic mass is 16.5. The Kier molecular flexibility index (Phi) is 4.95. The van der Waals surface area contributed by atoms with Gasteiger partial charge in [-0.25, -0.2) is 0 Å². The van der Waals surface area contributed by atoms with E-state index in [-0.39, 0.29) is 5.91 Å². The number of nitrogens with one attached hydrogen (secondary N) is 1. The first-order chi connectivity index (χ1) is 10.8. The van der Waals surface area contributed by atoms with E-state index in [1.54, 1.807) is 0 Å². The standard InChI is InChI=1S/C17H25N3O2/c1-2-22-16-8-4-3-7-15(16)18-17(21)13-19-10-11-20-9-5-6-14(20)12-19/h3-4,7-8,14H,2,5-6,9-13H2,1H3,(H,18,21). The average molecular weight is 303 g/mol. The molecule has 0 aromatic heterocycles. The summed E-state index contributed by atoms with van der Waals surface area (Å²) < 4.78 is 5.55. The van der Waals surface area contributed by atoms with Gasteiger partial charge >= 0.3 is 0 Å². The second-order valence-electron chi connectivity index (χ2n) is 6.04. The third kappa shape index (κ3) is 3.59. The van der Waals surface area contributed by atoms with E-state index in [4.69, 9.17) is 4.74 Å². The van der Waals surface area contributed by atoms with Crippen molar-refractivity contribution in [1.29, 1.82) is 0 Å². The van der Waals surface area contributed by atoms with E-state index in [1.165, 1.54) is 19.4 Å². The largest absolute Gasteiger partial charge is 0.492 e. The van der Waals surface area contributed by atoms with E-state index >= 15 is 0 Å². The molecule has 5 heteroatoms. The lowest BCUT2D eigenvalue weighted by Gasteiger charge is -2.37. The molecular weight excluding hydrogens is 278 g/mol. The van der Waals surface area contributed by atoms with Crippen LogP contribution in [0.25, 0.3) is 0 Å². The van der Waals surface area contributed by atoms with Crippen molar-refractivity contribution >= 4 is 11.6 Å². The SMILES string of the molecule is CCOc1ccccc1NC(=O)CN1CCN2CCCC2C1. The molecular formula is C17H25N3O2. The lowest BCUT2D eigenvalue weighted by Crippen LogP contribution is -2.51. The topological polar surface area (TPSA) is 44.8 Å². The summed E-state index contributed by atoms with van der Waals surface area (Å²) in [6, 6.07) is 8.25. The summed E-state index contributed by atoms with van der Waals surface area (Å²) in [4.78, 5) is 17.1. The zero-order valence-corrected chi connectivity index (χ0v) is 13.3. The highest BCUT2D eigenvalue weighted by Gasteiger charge is 2.31. The number of carbonyl (C=O) groups is 1. The lowest BCUT2D eigenvalue weighted by molar-refractivity contribution is -0.117. The van der Waals surface area contributed by atoms with Gasteiger partial charge in [-0.3, -0.25) is 14.6 Å². The third-order valence-electron chi connectivity index (χ3n) is 4.50. The van der Waals surface area contributed by atoms with Gasteiger partial charge in [-0.1, -0.05) is 12.1 Å². The molecule has 2 aliphatic rings. The molecule has 0 saturated carbocycles. The van der Waals surface area contributed by atoms with Crippen LogP contribution in [-0.4, -0.2) is 61.1 Å². The molecule has 0 bridgehead atoms. The Morgan fingerprint density at radius 1 is 1.32 bits per heavy atom. The van der Waals surface area contributed by atoms with Crippen molar-refractivity contribution in [2.24, 2.45) is 0 Å². The van der Waals surface area contributed by atoms with Crippen molar-refractivity contribution in [3.63, 3.8) is 0 Å². The number of ether oxygens (including phenoxy) is 1. The Labute approximate surface area is 132 Å². The quantitative estimate of drug-likeness (QED) is 0.901. The number of benzene rings is 1. The molecule has 2 saturated heterocycles. The second-order valence-corrected chi connectivity index (χ2v) is 6.04. The monoisotopic (exact) mass is 303 g/mol. The maximum atomic E-state index is 12.3. The minimum atomic E-state index is 0.0404. The number of carbonyl (C=O) groups excluding carboxylic acids is 1. The van der Waals surface area contributed by atoms with E-state index in [1.807, 2.05) is 31.2 Å². The van der Waals surface area contributed by atoms with Gasteiger partial charge in [0.25, 0.3) is 0 Å². The van der Waals surface area contributed by atoms with Gasteiger partial charge in [-0.2, -0.15) is 0 Å². The second kappa shape index (κ2) is 7.11. The van der Waals surface area contributed by atoms with Crippen molar-refractivity contribution in [1.82, 2.24) is 9.80 Å². The molecule has 0 spiro atoms. The van der Waals surface area contributed by atoms with Crippen LogP contribution in [0, 0.1) is 0 Å². The number of nitrogens with zero attached hydrogens (tertiary/aromatic N) is 2. The van der Waals surface area contributed by atoms with Crippen molar-refractivity contribution in [2.75, 3.05) is 44.6 Å². The van der Waals surface area contributed by atoms with Gasteiger partial charge < -0.3 is 10.1 Å². The van der Waals surface area contributed by atoms with Crippen LogP contribution in [0.5, 0.6) is 5.75 Å². The zero-order valence-electron chi connectivity index (χ0n) is 13.3. The van der Waals surface area contributed by atoms with Gasteiger partial charge in [0, 0.05) is 25.7 Å². The first-order valence-corrected chi connectivity index (χ1v) is 8.24. The summed E-state index contributed by atoms with van der Waals surface area (Å²) in [6.45, 7) is 7.32. The molecule has 1 amide bonds. The highest BCUT2D eigenvalue weighted by molar-refractivity contribution is 5.93. The van der Waals surface area contributed by atoms with Crippen LogP contribution in [0.4, 0.5) is 5.69 Å². The molecule has 22 heavy (non-hydrogen) atoms. The fourth-order valence-electron chi connectivity index (χ4n) is 3.44. The van der Waals surface area contributed by atoms with Gasteiger partial charge in [0.05, 0.1) is 18.8 Å². The van der Waals surface area contributed by atoms with Gasteiger partial charge in [-0.15, -0.1) is 0 Å². The summed E-state index contributed by atoms with van der Waals surface area (Å²) in [6.07, 6.45) is 2.57. The summed E-state index contributed by atoms with van der Waals surface area (Å²) in [5.41, 5.74) is 0.758. The predicted molar refractivity (Wildman–Crippen MR) is 87.3 cm³/mol. The Morgan fingerprint density at radius 2 is 2.18 bits per heavy atom. The van der Waals surface area contributed by atoms with Crippen LogP contribution in [0.2, 0.25) is 0 Å². The molecule has 1 aromatic carbocycles.